The van der Waals surface area contributed by atoms with Crippen molar-refractivity contribution in [2.45, 2.75) is 38.9 Å². The zero-order valence-electron chi connectivity index (χ0n) is 12.5. The van der Waals surface area contributed by atoms with E-state index < -0.39 is 0 Å². The molecule has 20 heavy (non-hydrogen) atoms. The highest BCUT2D eigenvalue weighted by molar-refractivity contribution is 7.28. The van der Waals surface area contributed by atoms with Gasteiger partial charge < -0.3 is 14.0 Å². The molecular formula is C15H19BO3S. The average Bonchev–Trinajstić information content (AvgIpc) is 2.88. The summed E-state index contributed by atoms with van der Waals surface area (Å²) < 4.78 is 19.8. The highest BCUT2D eigenvalue weighted by Crippen LogP contribution is 2.38. The van der Waals surface area contributed by atoms with Crippen LogP contribution in [0.2, 0.25) is 0 Å². The maximum Gasteiger partial charge on any atom is 0.505 e. The third-order valence-corrected chi connectivity index (χ3v) is 5.42. The molecule has 2 aromatic rings. The van der Waals surface area contributed by atoms with Crippen LogP contribution in [-0.2, 0) is 9.31 Å². The highest BCUT2D eigenvalue weighted by Gasteiger charge is 2.52. The van der Waals surface area contributed by atoms with Gasteiger partial charge in [-0.1, -0.05) is 12.1 Å². The molecule has 1 aromatic heterocycles. The van der Waals surface area contributed by atoms with Crippen molar-refractivity contribution in [2.75, 3.05) is 7.11 Å². The fourth-order valence-corrected chi connectivity index (χ4v) is 3.40. The summed E-state index contributed by atoms with van der Waals surface area (Å²) in [5, 5.41) is 1.17. The number of fused-ring (bicyclic) bond motifs is 1. The Morgan fingerprint density at radius 1 is 1.10 bits per heavy atom. The number of thiophene rings is 1. The van der Waals surface area contributed by atoms with Crippen LogP contribution in [0.5, 0.6) is 5.75 Å². The Hall–Kier alpha value is -1.04. The van der Waals surface area contributed by atoms with Crippen LogP contribution < -0.4 is 9.51 Å². The van der Waals surface area contributed by atoms with Crippen LogP contribution in [-0.4, -0.2) is 25.4 Å². The van der Waals surface area contributed by atoms with Gasteiger partial charge in [-0.25, -0.2) is 0 Å². The summed E-state index contributed by atoms with van der Waals surface area (Å²) in [5.41, 5.74) is -0.615. The Balaban J connectivity index is 2.00. The van der Waals surface area contributed by atoms with E-state index in [0.29, 0.717) is 0 Å². The molecule has 0 bridgehead atoms. The van der Waals surface area contributed by atoms with Crippen LogP contribution in [0, 0.1) is 0 Å². The highest BCUT2D eigenvalue weighted by atomic mass is 32.1. The van der Waals surface area contributed by atoms with Crippen molar-refractivity contribution in [3.8, 4) is 5.75 Å². The molecule has 3 nitrogen and oxygen atoms in total. The van der Waals surface area contributed by atoms with Crippen LogP contribution in [0.15, 0.2) is 24.3 Å². The Morgan fingerprint density at radius 2 is 1.75 bits per heavy atom. The zero-order valence-corrected chi connectivity index (χ0v) is 13.3. The second-order valence-corrected chi connectivity index (χ2v) is 7.20. The van der Waals surface area contributed by atoms with Crippen molar-refractivity contribution in [3.63, 3.8) is 0 Å². The SMILES string of the molecule is COc1cccc2cc(B3OC(C)(C)C(C)(C)O3)sc12. The van der Waals surface area contributed by atoms with E-state index >= 15 is 0 Å². The molecule has 1 fully saturated rings. The Kier molecular flexibility index (Phi) is 3.12. The molecular weight excluding hydrogens is 271 g/mol. The normalized spacial score (nSPS) is 20.6. The zero-order chi connectivity index (χ0) is 14.5. The van der Waals surface area contributed by atoms with Crippen LogP contribution in [0.25, 0.3) is 10.1 Å². The second-order valence-electron chi connectivity index (χ2n) is 6.12. The number of hydrogen-bond acceptors (Lipinski definition) is 4. The predicted molar refractivity (Wildman–Crippen MR) is 84.1 cm³/mol. The molecule has 0 radical (unpaired) electrons. The molecule has 0 saturated carbocycles. The van der Waals surface area contributed by atoms with Gasteiger partial charge in [0.15, 0.2) is 0 Å². The summed E-state index contributed by atoms with van der Waals surface area (Å²) in [6, 6.07) is 8.20. The summed E-state index contributed by atoms with van der Waals surface area (Å²) in [6.07, 6.45) is 0. The lowest BCUT2D eigenvalue weighted by atomic mass is 9.87. The Labute approximate surface area is 124 Å². The summed E-state index contributed by atoms with van der Waals surface area (Å²) in [5.74, 6) is 0.898. The van der Waals surface area contributed by atoms with E-state index in [1.54, 1.807) is 18.4 Å². The molecule has 1 aliphatic heterocycles. The van der Waals surface area contributed by atoms with E-state index in [1.807, 2.05) is 12.1 Å². The first-order valence-electron chi connectivity index (χ1n) is 6.76. The number of benzene rings is 1. The first kappa shape index (κ1) is 13.9. The topological polar surface area (TPSA) is 27.7 Å². The van der Waals surface area contributed by atoms with Gasteiger partial charge in [-0.15, -0.1) is 11.3 Å². The van der Waals surface area contributed by atoms with Gasteiger partial charge in [0.2, 0.25) is 0 Å². The first-order valence-corrected chi connectivity index (χ1v) is 7.58. The number of methoxy groups -OCH3 is 1. The molecule has 1 aromatic carbocycles. The third-order valence-electron chi connectivity index (χ3n) is 4.23. The minimum Gasteiger partial charge on any atom is -0.495 e. The fraction of sp³-hybridized carbons (Fsp3) is 0.467. The van der Waals surface area contributed by atoms with Crippen molar-refractivity contribution in [1.29, 1.82) is 0 Å². The van der Waals surface area contributed by atoms with Crippen molar-refractivity contribution in [1.82, 2.24) is 0 Å². The quantitative estimate of drug-likeness (QED) is 0.795. The largest absolute Gasteiger partial charge is 0.505 e. The number of hydrogen-bond donors (Lipinski definition) is 0. The lowest BCUT2D eigenvalue weighted by Gasteiger charge is -2.32. The summed E-state index contributed by atoms with van der Waals surface area (Å²) in [7, 11) is 1.39. The monoisotopic (exact) mass is 290 g/mol. The molecule has 0 aliphatic carbocycles. The van der Waals surface area contributed by atoms with Gasteiger partial charge in [0.25, 0.3) is 0 Å². The fourth-order valence-electron chi connectivity index (χ4n) is 2.29. The summed E-state index contributed by atoms with van der Waals surface area (Å²) in [4.78, 5) is 0. The number of rotatable bonds is 2. The third kappa shape index (κ3) is 2.05. The van der Waals surface area contributed by atoms with E-state index in [2.05, 4.69) is 39.8 Å². The lowest BCUT2D eigenvalue weighted by Crippen LogP contribution is -2.41. The van der Waals surface area contributed by atoms with Gasteiger partial charge in [0.05, 0.1) is 23.0 Å². The molecule has 5 heteroatoms. The Morgan fingerprint density at radius 3 is 2.35 bits per heavy atom. The first-order chi connectivity index (χ1) is 9.34. The summed E-state index contributed by atoms with van der Waals surface area (Å²) in [6.45, 7) is 8.28. The summed E-state index contributed by atoms with van der Waals surface area (Å²) >= 11 is 1.67. The molecule has 0 spiro atoms. The maximum atomic E-state index is 6.10. The van der Waals surface area contributed by atoms with Gasteiger partial charge in [0.1, 0.15) is 5.75 Å². The van der Waals surface area contributed by atoms with Gasteiger partial charge >= 0.3 is 7.12 Å². The molecule has 1 aliphatic rings. The number of ether oxygens (including phenoxy) is 1. The molecule has 0 N–H and O–H groups in total. The van der Waals surface area contributed by atoms with Gasteiger partial charge in [0, 0.05) is 4.78 Å². The van der Waals surface area contributed by atoms with Crippen molar-refractivity contribution in [2.24, 2.45) is 0 Å². The van der Waals surface area contributed by atoms with Crippen molar-refractivity contribution < 1.29 is 14.0 Å². The van der Waals surface area contributed by atoms with Crippen LogP contribution in [0.3, 0.4) is 0 Å². The smallest absolute Gasteiger partial charge is 0.495 e. The standard InChI is InChI=1S/C15H19BO3S/c1-14(2)15(3,4)19-16(18-14)12-9-10-7-6-8-11(17-5)13(10)20-12/h6-9H,1-5H3. The van der Waals surface area contributed by atoms with Crippen LogP contribution >= 0.6 is 11.3 Å². The van der Waals surface area contributed by atoms with Gasteiger partial charge in [-0.2, -0.15) is 0 Å². The van der Waals surface area contributed by atoms with E-state index in [-0.39, 0.29) is 18.3 Å². The lowest BCUT2D eigenvalue weighted by molar-refractivity contribution is 0.00578. The van der Waals surface area contributed by atoms with E-state index in [4.69, 9.17) is 14.0 Å². The van der Waals surface area contributed by atoms with E-state index in [0.717, 1.165) is 15.2 Å². The Bertz CT molecular complexity index is 632. The minimum atomic E-state index is -0.308. The van der Waals surface area contributed by atoms with E-state index in [1.165, 1.54) is 5.39 Å². The van der Waals surface area contributed by atoms with Crippen molar-refractivity contribution >= 4 is 33.3 Å². The van der Waals surface area contributed by atoms with Gasteiger partial charge in [-0.05, 0) is 45.2 Å². The molecule has 0 amide bonds. The van der Waals surface area contributed by atoms with Crippen LogP contribution in [0.4, 0.5) is 0 Å². The molecule has 0 unspecified atom stereocenters. The minimum absolute atomic E-state index is 0.304. The molecule has 3 rings (SSSR count). The molecule has 106 valence electrons. The van der Waals surface area contributed by atoms with Gasteiger partial charge in [-0.3, -0.25) is 0 Å². The molecule has 1 saturated heterocycles. The molecule has 2 heterocycles. The molecule has 0 atom stereocenters. The van der Waals surface area contributed by atoms with E-state index in [9.17, 15) is 0 Å². The van der Waals surface area contributed by atoms with Crippen molar-refractivity contribution in [3.05, 3.63) is 24.3 Å². The second kappa shape index (κ2) is 4.48. The maximum absolute atomic E-state index is 6.10. The predicted octanol–water partition coefficient (Wildman–Crippen LogP) is 3.21. The van der Waals surface area contributed by atoms with Crippen LogP contribution in [0.1, 0.15) is 27.7 Å². The average molecular weight is 290 g/mol.